The molecular weight excluding hydrogens is 142 g/mol. The van der Waals surface area contributed by atoms with E-state index in [0.29, 0.717) is 5.75 Å². The minimum atomic E-state index is 0.237. The van der Waals surface area contributed by atoms with Crippen LogP contribution in [0.1, 0.15) is 11.1 Å². The minimum absolute atomic E-state index is 0.237. The molecule has 0 atom stereocenters. The first-order valence-electron chi connectivity index (χ1n) is 3.32. The number of hydrogen-bond acceptors (Lipinski definition) is 3. The number of rotatable bonds is 1. The maximum absolute atomic E-state index is 9.12. The van der Waals surface area contributed by atoms with Crippen LogP contribution >= 0.6 is 0 Å². The van der Waals surface area contributed by atoms with Gasteiger partial charge in [0.25, 0.3) is 0 Å². The fourth-order valence-corrected chi connectivity index (χ4v) is 1.11. The van der Waals surface area contributed by atoms with Crippen molar-refractivity contribution in [2.24, 2.45) is 5.90 Å². The summed E-state index contributed by atoms with van der Waals surface area (Å²) in [4.78, 5) is 4.62. The SMILES string of the molecule is Cc1cc(O)cc(C)c1ON. The summed E-state index contributed by atoms with van der Waals surface area (Å²) in [5.74, 6) is 5.88. The molecule has 0 amide bonds. The molecule has 0 saturated heterocycles. The number of hydrogen-bond donors (Lipinski definition) is 2. The van der Waals surface area contributed by atoms with E-state index in [1.807, 2.05) is 13.8 Å². The van der Waals surface area contributed by atoms with Gasteiger partial charge in [-0.1, -0.05) is 0 Å². The lowest BCUT2D eigenvalue weighted by molar-refractivity contribution is 0.328. The molecule has 0 aliphatic heterocycles. The second kappa shape index (κ2) is 2.80. The third kappa shape index (κ3) is 1.43. The van der Waals surface area contributed by atoms with Gasteiger partial charge < -0.3 is 9.94 Å². The molecule has 0 aromatic heterocycles. The molecule has 0 aliphatic carbocycles. The van der Waals surface area contributed by atoms with E-state index in [4.69, 9.17) is 11.0 Å². The highest BCUT2D eigenvalue weighted by atomic mass is 16.6. The summed E-state index contributed by atoms with van der Waals surface area (Å²) < 4.78 is 0. The average Bonchev–Trinajstić information content (AvgIpc) is 1.85. The predicted octanol–water partition coefficient (Wildman–Crippen LogP) is 1.26. The zero-order valence-electron chi connectivity index (χ0n) is 6.59. The lowest BCUT2D eigenvalue weighted by Gasteiger charge is -2.06. The van der Waals surface area contributed by atoms with Crippen molar-refractivity contribution in [2.45, 2.75) is 13.8 Å². The van der Waals surface area contributed by atoms with Crippen LogP contribution in [0.15, 0.2) is 12.1 Å². The lowest BCUT2D eigenvalue weighted by atomic mass is 10.1. The van der Waals surface area contributed by atoms with Crippen LogP contribution in [-0.2, 0) is 0 Å². The summed E-state index contributed by atoms with van der Waals surface area (Å²) in [6, 6.07) is 3.21. The van der Waals surface area contributed by atoms with E-state index in [2.05, 4.69) is 4.84 Å². The quantitative estimate of drug-likeness (QED) is 0.597. The first kappa shape index (κ1) is 7.88. The highest BCUT2D eigenvalue weighted by molar-refractivity contribution is 5.45. The molecular formula is C8H11NO2. The Labute approximate surface area is 65.4 Å². The van der Waals surface area contributed by atoms with E-state index in [9.17, 15) is 0 Å². The van der Waals surface area contributed by atoms with Gasteiger partial charge in [0, 0.05) is 0 Å². The third-order valence-corrected chi connectivity index (χ3v) is 1.56. The second-order valence-corrected chi connectivity index (χ2v) is 2.53. The second-order valence-electron chi connectivity index (χ2n) is 2.53. The topological polar surface area (TPSA) is 55.5 Å². The molecule has 0 spiro atoms. The van der Waals surface area contributed by atoms with Crippen molar-refractivity contribution in [1.82, 2.24) is 0 Å². The molecule has 0 fully saturated rings. The fourth-order valence-electron chi connectivity index (χ4n) is 1.11. The van der Waals surface area contributed by atoms with Gasteiger partial charge >= 0.3 is 0 Å². The molecule has 3 heteroatoms. The monoisotopic (exact) mass is 153 g/mol. The molecule has 0 radical (unpaired) electrons. The number of nitrogens with two attached hydrogens (primary N) is 1. The third-order valence-electron chi connectivity index (χ3n) is 1.56. The average molecular weight is 153 g/mol. The summed E-state index contributed by atoms with van der Waals surface area (Å²) in [6.07, 6.45) is 0. The fraction of sp³-hybridized carbons (Fsp3) is 0.250. The van der Waals surface area contributed by atoms with E-state index >= 15 is 0 Å². The van der Waals surface area contributed by atoms with Crippen LogP contribution in [0.3, 0.4) is 0 Å². The molecule has 1 rings (SSSR count). The largest absolute Gasteiger partial charge is 0.508 e. The van der Waals surface area contributed by atoms with Gasteiger partial charge in [0.2, 0.25) is 0 Å². The standard InChI is InChI=1S/C8H11NO2/c1-5-3-7(10)4-6(2)8(5)11-9/h3-4,10H,9H2,1-2H3. The molecule has 60 valence electrons. The van der Waals surface area contributed by atoms with Gasteiger partial charge in [-0.05, 0) is 37.1 Å². The van der Waals surface area contributed by atoms with Crippen molar-refractivity contribution >= 4 is 0 Å². The lowest BCUT2D eigenvalue weighted by Crippen LogP contribution is -2.04. The van der Waals surface area contributed by atoms with Gasteiger partial charge in [-0.15, -0.1) is 0 Å². The Morgan fingerprint density at radius 3 is 2.09 bits per heavy atom. The molecule has 0 bridgehead atoms. The van der Waals surface area contributed by atoms with E-state index in [1.54, 1.807) is 12.1 Å². The Hall–Kier alpha value is -1.22. The van der Waals surface area contributed by atoms with Crippen molar-refractivity contribution in [3.63, 3.8) is 0 Å². The summed E-state index contributed by atoms with van der Waals surface area (Å²) in [6.45, 7) is 3.66. The van der Waals surface area contributed by atoms with E-state index in [0.717, 1.165) is 11.1 Å². The predicted molar refractivity (Wildman–Crippen MR) is 42.4 cm³/mol. The number of phenols is 1. The zero-order valence-corrected chi connectivity index (χ0v) is 6.59. The Kier molecular flexibility index (Phi) is 2.01. The van der Waals surface area contributed by atoms with Crippen LogP contribution < -0.4 is 10.7 Å². The van der Waals surface area contributed by atoms with Crippen molar-refractivity contribution in [1.29, 1.82) is 0 Å². The first-order chi connectivity index (χ1) is 5.15. The Morgan fingerprint density at radius 1 is 1.27 bits per heavy atom. The highest BCUT2D eigenvalue weighted by Crippen LogP contribution is 2.26. The molecule has 1 aromatic rings. The van der Waals surface area contributed by atoms with Crippen molar-refractivity contribution in [2.75, 3.05) is 0 Å². The summed E-state index contributed by atoms with van der Waals surface area (Å²) in [7, 11) is 0. The molecule has 1 aromatic carbocycles. The van der Waals surface area contributed by atoms with Crippen molar-refractivity contribution in [3.05, 3.63) is 23.3 Å². The van der Waals surface area contributed by atoms with Gasteiger partial charge in [0.05, 0.1) is 0 Å². The molecule has 0 unspecified atom stereocenters. The van der Waals surface area contributed by atoms with Gasteiger partial charge in [-0.3, -0.25) is 0 Å². The molecule has 0 saturated carbocycles. The van der Waals surface area contributed by atoms with Crippen LogP contribution in [0.2, 0.25) is 0 Å². The normalized spacial score (nSPS) is 9.73. The minimum Gasteiger partial charge on any atom is -0.508 e. The van der Waals surface area contributed by atoms with E-state index in [1.165, 1.54) is 0 Å². The highest BCUT2D eigenvalue weighted by Gasteiger charge is 2.03. The van der Waals surface area contributed by atoms with Gasteiger partial charge in [0.15, 0.2) is 5.75 Å². The van der Waals surface area contributed by atoms with Crippen LogP contribution in [0.25, 0.3) is 0 Å². The molecule has 0 aliphatic rings. The van der Waals surface area contributed by atoms with Gasteiger partial charge in [0.1, 0.15) is 5.75 Å². The number of benzene rings is 1. The molecule has 0 heterocycles. The van der Waals surface area contributed by atoms with Crippen LogP contribution in [0.5, 0.6) is 11.5 Å². The van der Waals surface area contributed by atoms with Crippen molar-refractivity contribution in [3.8, 4) is 11.5 Å². The Bertz CT molecular complexity index is 248. The van der Waals surface area contributed by atoms with Crippen molar-refractivity contribution < 1.29 is 9.94 Å². The summed E-state index contributed by atoms with van der Waals surface area (Å²) >= 11 is 0. The number of aromatic hydroxyl groups is 1. The van der Waals surface area contributed by atoms with Crippen LogP contribution in [0.4, 0.5) is 0 Å². The molecule has 11 heavy (non-hydrogen) atoms. The summed E-state index contributed by atoms with van der Waals surface area (Å²) in [5.41, 5.74) is 1.68. The smallest absolute Gasteiger partial charge is 0.152 e. The number of aryl methyl sites for hydroxylation is 2. The first-order valence-corrected chi connectivity index (χ1v) is 3.32. The Balaban J connectivity index is 3.25. The summed E-state index contributed by atoms with van der Waals surface area (Å²) in [5, 5.41) is 9.12. The zero-order chi connectivity index (χ0) is 8.43. The Morgan fingerprint density at radius 2 is 1.73 bits per heavy atom. The maximum Gasteiger partial charge on any atom is 0.152 e. The van der Waals surface area contributed by atoms with Gasteiger partial charge in [-0.25, -0.2) is 0 Å². The van der Waals surface area contributed by atoms with E-state index in [-0.39, 0.29) is 5.75 Å². The molecule has 3 nitrogen and oxygen atoms in total. The maximum atomic E-state index is 9.12. The van der Waals surface area contributed by atoms with Crippen LogP contribution in [-0.4, -0.2) is 5.11 Å². The van der Waals surface area contributed by atoms with Crippen LogP contribution in [0, 0.1) is 13.8 Å². The van der Waals surface area contributed by atoms with E-state index < -0.39 is 0 Å². The molecule has 3 N–H and O–H groups in total. The number of phenolic OH excluding ortho intramolecular Hbond substituents is 1. The van der Waals surface area contributed by atoms with Gasteiger partial charge in [-0.2, -0.15) is 5.90 Å².